The van der Waals surface area contributed by atoms with E-state index in [-0.39, 0.29) is 5.54 Å². The number of aryl methyl sites for hydroxylation is 1. The average Bonchev–Trinajstić information content (AvgIpc) is 2.31. The fourth-order valence-electron chi connectivity index (χ4n) is 1.04. The van der Waals surface area contributed by atoms with Crippen molar-refractivity contribution in [2.24, 2.45) is 5.73 Å². The van der Waals surface area contributed by atoms with Crippen LogP contribution >= 0.6 is 11.3 Å². The van der Waals surface area contributed by atoms with Crippen molar-refractivity contribution in [1.29, 1.82) is 0 Å². The maximum absolute atomic E-state index is 5.95. The molecule has 2 nitrogen and oxygen atoms in total. The van der Waals surface area contributed by atoms with Gasteiger partial charge in [-0.15, -0.1) is 11.3 Å². The van der Waals surface area contributed by atoms with Gasteiger partial charge in [0.15, 0.2) is 0 Å². The van der Waals surface area contributed by atoms with E-state index in [1.54, 1.807) is 11.3 Å². The smallest absolute Gasteiger partial charge is 0.0798 e. The van der Waals surface area contributed by atoms with Gasteiger partial charge in [0.05, 0.1) is 11.2 Å². The molecule has 0 atom stereocenters. The van der Waals surface area contributed by atoms with Crippen LogP contribution in [0.5, 0.6) is 0 Å². The molecule has 0 saturated carbocycles. The molecule has 0 bridgehead atoms. The molecule has 0 unspecified atom stereocenters. The lowest BCUT2D eigenvalue weighted by molar-refractivity contribution is 0.559. The third-order valence-electron chi connectivity index (χ3n) is 1.56. The van der Waals surface area contributed by atoms with Crippen LogP contribution in [0.2, 0.25) is 0 Å². The molecule has 11 heavy (non-hydrogen) atoms. The molecular formula is C8H14N2S. The molecule has 0 aliphatic rings. The minimum absolute atomic E-state index is 0.230. The summed E-state index contributed by atoms with van der Waals surface area (Å²) < 4.78 is 0. The number of nitrogens with two attached hydrogens (primary N) is 1. The molecule has 1 aromatic rings. The third-order valence-corrected chi connectivity index (χ3v) is 2.77. The number of rotatable bonds is 2. The first-order valence-electron chi connectivity index (χ1n) is 3.77. The van der Waals surface area contributed by atoms with Crippen molar-refractivity contribution in [3.05, 3.63) is 16.1 Å². The first kappa shape index (κ1) is 8.68. The van der Waals surface area contributed by atoms with Gasteiger partial charge in [0.25, 0.3) is 0 Å². The maximum atomic E-state index is 5.95. The number of nitrogens with zero attached hydrogens (tertiary/aromatic N) is 1. The molecule has 1 rings (SSSR count). The lowest BCUT2D eigenvalue weighted by Gasteiger charge is -2.17. The fourth-order valence-corrected chi connectivity index (χ4v) is 1.97. The van der Waals surface area contributed by atoms with E-state index in [4.69, 9.17) is 5.73 Å². The van der Waals surface area contributed by atoms with E-state index in [1.165, 1.54) is 4.88 Å². The normalized spacial score (nSPS) is 12.0. The monoisotopic (exact) mass is 170 g/mol. The minimum atomic E-state index is -0.230. The van der Waals surface area contributed by atoms with Crippen molar-refractivity contribution in [3.63, 3.8) is 0 Å². The first-order valence-corrected chi connectivity index (χ1v) is 4.65. The van der Waals surface area contributed by atoms with Gasteiger partial charge in [-0.2, -0.15) is 0 Å². The zero-order valence-corrected chi connectivity index (χ0v) is 8.03. The summed E-state index contributed by atoms with van der Waals surface area (Å²) in [5, 5.41) is 0. The van der Waals surface area contributed by atoms with Gasteiger partial charge in [0.1, 0.15) is 0 Å². The first-order chi connectivity index (χ1) is 5.05. The molecule has 3 heteroatoms. The molecule has 0 saturated heterocycles. The van der Waals surface area contributed by atoms with Crippen LogP contribution in [0, 0.1) is 0 Å². The van der Waals surface area contributed by atoms with E-state index < -0.39 is 0 Å². The van der Waals surface area contributed by atoms with Crippen molar-refractivity contribution in [2.75, 3.05) is 0 Å². The summed E-state index contributed by atoms with van der Waals surface area (Å²) in [5.74, 6) is 0. The highest BCUT2D eigenvalue weighted by Gasteiger charge is 2.19. The average molecular weight is 170 g/mol. The molecule has 0 aliphatic heterocycles. The molecule has 1 aromatic heterocycles. The van der Waals surface area contributed by atoms with E-state index in [1.807, 2.05) is 19.4 Å². The van der Waals surface area contributed by atoms with Gasteiger partial charge in [-0.05, 0) is 20.3 Å². The highest BCUT2D eigenvalue weighted by atomic mass is 32.1. The molecule has 0 radical (unpaired) electrons. The largest absolute Gasteiger partial charge is 0.321 e. The highest BCUT2D eigenvalue weighted by molar-refractivity contribution is 7.09. The Morgan fingerprint density at radius 1 is 1.64 bits per heavy atom. The summed E-state index contributed by atoms with van der Waals surface area (Å²) in [7, 11) is 0. The quantitative estimate of drug-likeness (QED) is 0.736. The van der Waals surface area contributed by atoms with Crippen LogP contribution in [0.4, 0.5) is 0 Å². The van der Waals surface area contributed by atoms with Gasteiger partial charge in [0, 0.05) is 10.4 Å². The lowest BCUT2D eigenvalue weighted by atomic mass is 10.0. The lowest BCUT2D eigenvalue weighted by Crippen LogP contribution is -2.28. The summed E-state index contributed by atoms with van der Waals surface area (Å²) in [6.07, 6.45) is 0.972. The van der Waals surface area contributed by atoms with Crippen LogP contribution in [0.15, 0.2) is 5.51 Å². The second-order valence-corrected chi connectivity index (χ2v) is 4.06. The molecular weight excluding hydrogens is 156 g/mol. The molecule has 0 aliphatic carbocycles. The third kappa shape index (κ3) is 1.79. The Morgan fingerprint density at radius 2 is 2.27 bits per heavy atom. The Bertz CT molecular complexity index is 234. The Kier molecular flexibility index (Phi) is 2.30. The maximum Gasteiger partial charge on any atom is 0.0798 e. The summed E-state index contributed by atoms with van der Waals surface area (Å²) >= 11 is 1.64. The van der Waals surface area contributed by atoms with E-state index in [0.717, 1.165) is 12.1 Å². The summed E-state index contributed by atoms with van der Waals surface area (Å²) in [5.41, 5.74) is 8.72. The van der Waals surface area contributed by atoms with Crippen molar-refractivity contribution in [1.82, 2.24) is 4.98 Å². The van der Waals surface area contributed by atoms with Crippen LogP contribution < -0.4 is 5.73 Å². The van der Waals surface area contributed by atoms with Crippen LogP contribution in [0.1, 0.15) is 31.3 Å². The van der Waals surface area contributed by atoms with Crippen molar-refractivity contribution in [2.45, 2.75) is 32.7 Å². The minimum Gasteiger partial charge on any atom is -0.321 e. The van der Waals surface area contributed by atoms with Gasteiger partial charge in [-0.3, -0.25) is 0 Å². The van der Waals surface area contributed by atoms with Gasteiger partial charge in [-0.25, -0.2) is 4.98 Å². The summed E-state index contributed by atoms with van der Waals surface area (Å²) in [6, 6.07) is 0. The Morgan fingerprint density at radius 3 is 2.64 bits per heavy atom. The Labute approximate surface area is 71.5 Å². The van der Waals surface area contributed by atoms with Crippen molar-refractivity contribution in [3.8, 4) is 0 Å². The van der Waals surface area contributed by atoms with E-state index in [2.05, 4.69) is 11.9 Å². The number of thiazole rings is 1. The SMILES string of the molecule is CCc1ncsc1C(C)(C)N. The van der Waals surface area contributed by atoms with Crippen LogP contribution in [-0.2, 0) is 12.0 Å². The van der Waals surface area contributed by atoms with E-state index in [0.29, 0.717) is 0 Å². The highest BCUT2D eigenvalue weighted by Crippen LogP contribution is 2.25. The fraction of sp³-hybridized carbons (Fsp3) is 0.625. The van der Waals surface area contributed by atoms with Gasteiger partial charge in [-0.1, -0.05) is 6.92 Å². The van der Waals surface area contributed by atoms with Gasteiger partial charge in [0.2, 0.25) is 0 Å². The molecule has 62 valence electrons. The van der Waals surface area contributed by atoms with Gasteiger partial charge < -0.3 is 5.73 Å². The second-order valence-electron chi connectivity index (χ2n) is 3.20. The van der Waals surface area contributed by atoms with E-state index >= 15 is 0 Å². The molecule has 2 N–H and O–H groups in total. The zero-order chi connectivity index (χ0) is 8.48. The predicted molar refractivity (Wildman–Crippen MR) is 48.7 cm³/mol. The molecule has 0 spiro atoms. The van der Waals surface area contributed by atoms with Gasteiger partial charge >= 0.3 is 0 Å². The number of hydrogen-bond acceptors (Lipinski definition) is 3. The predicted octanol–water partition coefficient (Wildman–Crippen LogP) is 1.90. The molecule has 0 amide bonds. The van der Waals surface area contributed by atoms with E-state index in [9.17, 15) is 0 Å². The van der Waals surface area contributed by atoms with Crippen molar-refractivity contribution >= 4 is 11.3 Å². The second kappa shape index (κ2) is 2.91. The Balaban J connectivity index is 3.02. The van der Waals surface area contributed by atoms with Crippen LogP contribution in [0.3, 0.4) is 0 Å². The molecule has 1 heterocycles. The standard InChI is InChI=1S/C8H14N2S/c1-4-6-7(8(2,3)9)11-5-10-6/h5H,4,9H2,1-3H3. The van der Waals surface area contributed by atoms with Crippen LogP contribution in [0.25, 0.3) is 0 Å². The number of hydrogen-bond donors (Lipinski definition) is 1. The zero-order valence-electron chi connectivity index (χ0n) is 7.22. The number of aromatic nitrogens is 1. The Hall–Kier alpha value is -0.410. The summed E-state index contributed by atoms with van der Waals surface area (Å²) in [4.78, 5) is 5.45. The molecule has 0 fully saturated rings. The topological polar surface area (TPSA) is 38.9 Å². The molecule has 0 aromatic carbocycles. The summed E-state index contributed by atoms with van der Waals surface area (Å²) in [6.45, 7) is 6.13. The van der Waals surface area contributed by atoms with Crippen molar-refractivity contribution < 1.29 is 0 Å². The van der Waals surface area contributed by atoms with Crippen LogP contribution in [-0.4, -0.2) is 4.98 Å².